The fourth-order valence-electron chi connectivity index (χ4n) is 0.286. The minimum absolute atomic E-state index is 0.453. The second-order valence-electron chi connectivity index (χ2n) is 1.97. The van der Waals surface area contributed by atoms with Crippen LogP contribution in [0.5, 0.6) is 0 Å². The molecule has 0 aromatic rings. The van der Waals surface area contributed by atoms with Gasteiger partial charge in [0, 0.05) is 14.1 Å². The molecule has 68 valence electrons. The van der Waals surface area contributed by atoms with Crippen LogP contribution in [-0.4, -0.2) is 32.8 Å². The Balaban J connectivity index is 4.66. The molecule has 0 saturated carbocycles. The van der Waals surface area contributed by atoms with Crippen molar-refractivity contribution in [2.75, 3.05) is 14.1 Å². The van der Waals surface area contributed by atoms with Crippen LogP contribution in [0.15, 0.2) is 4.40 Å². The summed E-state index contributed by atoms with van der Waals surface area (Å²) in [5.74, 6) is -0.453. The average molecular weight is 191 g/mol. The standard InChI is InChI=1S/C4H9N5O2S/c1-9(2)12(10,11)8-4(6)7-3-5/h1-2H3,(H3,6,7,8). The molecule has 0 saturated heterocycles. The summed E-state index contributed by atoms with van der Waals surface area (Å²) in [4.78, 5) is 0. The molecule has 0 fully saturated rings. The van der Waals surface area contributed by atoms with E-state index < -0.39 is 16.2 Å². The maximum absolute atomic E-state index is 10.9. The Morgan fingerprint density at radius 2 is 2.17 bits per heavy atom. The van der Waals surface area contributed by atoms with Gasteiger partial charge in [0.1, 0.15) is 0 Å². The van der Waals surface area contributed by atoms with Gasteiger partial charge in [-0.25, -0.2) is 0 Å². The number of nitrogens with one attached hydrogen (secondary N) is 1. The zero-order valence-electron chi connectivity index (χ0n) is 6.64. The molecule has 0 spiro atoms. The highest BCUT2D eigenvalue weighted by Gasteiger charge is 2.11. The van der Waals surface area contributed by atoms with Crippen molar-refractivity contribution < 1.29 is 8.42 Å². The van der Waals surface area contributed by atoms with Crippen molar-refractivity contribution >= 4 is 16.2 Å². The van der Waals surface area contributed by atoms with Crippen molar-refractivity contribution in [3.05, 3.63) is 0 Å². The average Bonchev–Trinajstić information content (AvgIpc) is 1.85. The second kappa shape index (κ2) is 3.89. The quantitative estimate of drug-likeness (QED) is 0.231. The van der Waals surface area contributed by atoms with Crippen LogP contribution < -0.4 is 11.1 Å². The van der Waals surface area contributed by atoms with Crippen LogP contribution in [0.25, 0.3) is 0 Å². The number of rotatable bonds is 2. The van der Waals surface area contributed by atoms with E-state index in [1.165, 1.54) is 20.3 Å². The van der Waals surface area contributed by atoms with Crippen molar-refractivity contribution in [1.29, 1.82) is 5.26 Å². The molecular weight excluding hydrogens is 182 g/mol. The van der Waals surface area contributed by atoms with Crippen LogP contribution in [0.3, 0.4) is 0 Å². The molecule has 0 amide bonds. The largest absolute Gasteiger partial charge is 0.368 e. The number of hydrogen-bond donors (Lipinski definition) is 2. The maximum atomic E-state index is 10.9. The highest BCUT2D eigenvalue weighted by Crippen LogP contribution is 1.93. The fraction of sp³-hybridized carbons (Fsp3) is 0.500. The molecule has 3 N–H and O–H groups in total. The Hall–Kier alpha value is -1.33. The predicted molar refractivity (Wildman–Crippen MR) is 43.0 cm³/mol. The Kier molecular flexibility index (Phi) is 3.46. The number of nitrogens with two attached hydrogens (primary N) is 1. The predicted octanol–water partition coefficient (Wildman–Crippen LogP) is -1.82. The molecule has 8 heteroatoms. The molecular formula is C4H9N5O2S. The summed E-state index contributed by atoms with van der Waals surface area (Å²) in [6.45, 7) is 0. The van der Waals surface area contributed by atoms with E-state index in [2.05, 4.69) is 4.40 Å². The second-order valence-corrected chi connectivity index (χ2v) is 3.78. The van der Waals surface area contributed by atoms with Crippen LogP contribution >= 0.6 is 0 Å². The van der Waals surface area contributed by atoms with Gasteiger partial charge in [-0.1, -0.05) is 0 Å². The summed E-state index contributed by atoms with van der Waals surface area (Å²) in [5, 5.41) is 9.93. The van der Waals surface area contributed by atoms with E-state index >= 15 is 0 Å². The highest BCUT2D eigenvalue weighted by molar-refractivity contribution is 7.87. The number of nitrogens with zero attached hydrogens (tertiary/aromatic N) is 3. The van der Waals surface area contributed by atoms with Gasteiger partial charge in [0.05, 0.1) is 0 Å². The van der Waals surface area contributed by atoms with Gasteiger partial charge in [-0.2, -0.15) is 18.0 Å². The molecule has 0 radical (unpaired) electrons. The summed E-state index contributed by atoms with van der Waals surface area (Å²) >= 11 is 0. The SMILES string of the molecule is CN(C)S(=O)(=O)/N=C(\N)NC#N. The number of nitriles is 1. The first-order valence-electron chi connectivity index (χ1n) is 2.83. The van der Waals surface area contributed by atoms with Gasteiger partial charge < -0.3 is 5.73 Å². The third-order valence-corrected chi connectivity index (χ3v) is 2.21. The Labute approximate surface area is 70.7 Å². The number of guanidine groups is 1. The molecule has 0 aliphatic heterocycles. The summed E-state index contributed by atoms with van der Waals surface area (Å²) in [6, 6.07) is 0. The summed E-state index contributed by atoms with van der Waals surface area (Å²) in [6.07, 6.45) is 1.44. The summed E-state index contributed by atoms with van der Waals surface area (Å²) in [5.41, 5.74) is 5.02. The van der Waals surface area contributed by atoms with Crippen molar-refractivity contribution in [2.24, 2.45) is 10.1 Å². The molecule has 0 bridgehead atoms. The number of hydrogen-bond acceptors (Lipinski definition) is 3. The first kappa shape index (κ1) is 10.7. The normalized spacial score (nSPS) is 12.7. The zero-order valence-corrected chi connectivity index (χ0v) is 7.46. The summed E-state index contributed by atoms with van der Waals surface area (Å²) < 4.78 is 25.8. The first-order chi connectivity index (χ1) is 5.40. The molecule has 0 aromatic carbocycles. The van der Waals surface area contributed by atoms with Crippen LogP contribution in [-0.2, 0) is 10.2 Å². The maximum Gasteiger partial charge on any atom is 0.325 e. The van der Waals surface area contributed by atoms with Crippen LogP contribution in [0, 0.1) is 11.5 Å². The molecule has 12 heavy (non-hydrogen) atoms. The molecule has 0 heterocycles. The van der Waals surface area contributed by atoms with Crippen molar-refractivity contribution in [2.45, 2.75) is 0 Å². The van der Waals surface area contributed by atoms with Gasteiger partial charge in [0.15, 0.2) is 6.19 Å². The topological polar surface area (TPSA) is 112 Å². The van der Waals surface area contributed by atoms with E-state index in [4.69, 9.17) is 11.0 Å². The first-order valence-corrected chi connectivity index (χ1v) is 4.23. The third-order valence-electron chi connectivity index (χ3n) is 0.859. The molecule has 0 aliphatic carbocycles. The van der Waals surface area contributed by atoms with E-state index in [0.717, 1.165) is 4.31 Å². The van der Waals surface area contributed by atoms with Gasteiger partial charge in [0.25, 0.3) is 0 Å². The van der Waals surface area contributed by atoms with Crippen LogP contribution in [0.2, 0.25) is 0 Å². The van der Waals surface area contributed by atoms with Gasteiger partial charge in [-0.3, -0.25) is 5.32 Å². The van der Waals surface area contributed by atoms with E-state index in [0.29, 0.717) is 0 Å². The van der Waals surface area contributed by atoms with Crippen LogP contribution in [0.1, 0.15) is 0 Å². The fourth-order valence-corrected chi connectivity index (χ4v) is 0.744. The molecule has 7 nitrogen and oxygen atoms in total. The Morgan fingerprint density at radius 3 is 2.50 bits per heavy atom. The van der Waals surface area contributed by atoms with Gasteiger partial charge in [-0.15, -0.1) is 4.40 Å². The van der Waals surface area contributed by atoms with E-state index in [1.54, 1.807) is 0 Å². The monoisotopic (exact) mass is 191 g/mol. The molecule has 0 unspecified atom stereocenters. The van der Waals surface area contributed by atoms with Crippen molar-refractivity contribution in [3.8, 4) is 6.19 Å². The zero-order chi connectivity index (χ0) is 9.78. The van der Waals surface area contributed by atoms with Crippen LogP contribution in [0.4, 0.5) is 0 Å². The Morgan fingerprint density at radius 1 is 1.67 bits per heavy atom. The minimum Gasteiger partial charge on any atom is -0.368 e. The van der Waals surface area contributed by atoms with Crippen molar-refractivity contribution in [1.82, 2.24) is 9.62 Å². The minimum atomic E-state index is -3.74. The lowest BCUT2D eigenvalue weighted by molar-refractivity contribution is 0.522. The lowest BCUT2D eigenvalue weighted by Crippen LogP contribution is -2.31. The lowest BCUT2D eigenvalue weighted by Gasteiger charge is -2.05. The molecule has 0 aromatic heterocycles. The van der Waals surface area contributed by atoms with Gasteiger partial charge >= 0.3 is 10.2 Å². The molecule has 0 aliphatic rings. The molecule has 0 atom stereocenters. The van der Waals surface area contributed by atoms with Crippen molar-refractivity contribution in [3.63, 3.8) is 0 Å². The van der Waals surface area contributed by atoms with Gasteiger partial charge in [0.2, 0.25) is 5.96 Å². The lowest BCUT2D eigenvalue weighted by atomic mass is 11.0. The highest BCUT2D eigenvalue weighted by atomic mass is 32.2. The van der Waals surface area contributed by atoms with E-state index in [1.807, 2.05) is 5.32 Å². The molecule has 0 rings (SSSR count). The van der Waals surface area contributed by atoms with Gasteiger partial charge in [-0.05, 0) is 0 Å². The third kappa shape index (κ3) is 3.18. The van der Waals surface area contributed by atoms with E-state index in [9.17, 15) is 8.42 Å². The van der Waals surface area contributed by atoms with E-state index in [-0.39, 0.29) is 0 Å². The summed E-state index contributed by atoms with van der Waals surface area (Å²) in [7, 11) is -1.13. The smallest absolute Gasteiger partial charge is 0.325 e. The Bertz CT molecular complexity index is 311.